The summed E-state index contributed by atoms with van der Waals surface area (Å²) in [6, 6.07) is 7.51. The minimum atomic E-state index is -0.246. The summed E-state index contributed by atoms with van der Waals surface area (Å²) in [6.07, 6.45) is 0. The third kappa shape index (κ3) is 6.12. The van der Waals surface area contributed by atoms with E-state index in [1.54, 1.807) is 0 Å². The lowest BCUT2D eigenvalue weighted by Crippen LogP contribution is -2.22. The van der Waals surface area contributed by atoms with E-state index in [9.17, 15) is 4.79 Å². The number of benzene rings is 1. The summed E-state index contributed by atoms with van der Waals surface area (Å²) < 4.78 is 1.77. The molecule has 124 valence electrons. The zero-order valence-corrected chi connectivity index (χ0v) is 16.4. The Bertz CT molecular complexity index is 645. The van der Waals surface area contributed by atoms with E-state index < -0.39 is 0 Å². The zero-order valence-electron chi connectivity index (χ0n) is 13.2. The molecule has 0 aliphatic rings. The molecule has 1 aromatic carbocycles. The van der Waals surface area contributed by atoms with Crippen LogP contribution in [0.5, 0.6) is 0 Å². The van der Waals surface area contributed by atoms with Gasteiger partial charge in [-0.25, -0.2) is 0 Å². The van der Waals surface area contributed by atoms with E-state index in [-0.39, 0.29) is 11.2 Å². The maximum atomic E-state index is 12.2. The Kier molecular flexibility index (Phi) is 6.86. The Hall–Kier alpha value is -1.12. The average Bonchev–Trinajstić information content (AvgIpc) is 2.95. The van der Waals surface area contributed by atoms with Gasteiger partial charge in [-0.1, -0.05) is 52.9 Å². The fraction of sp³-hybridized carbons (Fsp3) is 0.400. The number of hydrogen-bond acceptors (Lipinski definition) is 6. The van der Waals surface area contributed by atoms with Crippen LogP contribution in [0.4, 0.5) is 10.8 Å². The van der Waals surface area contributed by atoms with Crippen LogP contribution in [0.2, 0.25) is 0 Å². The average molecular weight is 415 g/mol. The molecule has 8 heteroatoms. The molecule has 0 radical (unpaired) electrons. The Morgan fingerprint density at radius 2 is 1.96 bits per heavy atom. The molecule has 1 unspecified atom stereocenters. The smallest absolute Gasteiger partial charge is 0.237 e. The largest absolute Gasteiger partial charge is 0.360 e. The number of nitrogens with one attached hydrogen (secondary N) is 2. The number of amides is 1. The predicted octanol–water partition coefficient (Wildman–Crippen LogP) is 4.49. The third-order valence-corrected chi connectivity index (χ3v) is 5.42. The van der Waals surface area contributed by atoms with Gasteiger partial charge in [0.1, 0.15) is 0 Å². The summed E-state index contributed by atoms with van der Waals surface area (Å²) in [4.78, 5) is 12.2. The molecule has 0 saturated carbocycles. The molecule has 1 amide bonds. The van der Waals surface area contributed by atoms with Crippen molar-refractivity contribution in [1.29, 1.82) is 0 Å². The summed E-state index contributed by atoms with van der Waals surface area (Å²) >= 11 is 6.26. The molecule has 1 aromatic heterocycles. The molecule has 0 saturated heterocycles. The van der Waals surface area contributed by atoms with Crippen molar-refractivity contribution < 1.29 is 4.79 Å². The summed E-state index contributed by atoms with van der Waals surface area (Å²) in [5.74, 6) is 0.495. The molecule has 23 heavy (non-hydrogen) atoms. The van der Waals surface area contributed by atoms with E-state index in [0.29, 0.717) is 5.92 Å². The number of thioether (sulfide) groups is 1. The monoisotopic (exact) mass is 414 g/mol. The molecular weight excluding hydrogens is 396 g/mol. The van der Waals surface area contributed by atoms with Crippen LogP contribution in [0.25, 0.3) is 0 Å². The van der Waals surface area contributed by atoms with Crippen LogP contribution in [-0.2, 0) is 4.79 Å². The Balaban J connectivity index is 1.86. The minimum Gasteiger partial charge on any atom is -0.360 e. The maximum absolute atomic E-state index is 12.2. The first-order valence-electron chi connectivity index (χ1n) is 7.24. The number of anilines is 2. The molecule has 5 nitrogen and oxygen atoms in total. The first kappa shape index (κ1) is 18.2. The summed E-state index contributed by atoms with van der Waals surface area (Å²) in [5.41, 5.74) is 0.780. The van der Waals surface area contributed by atoms with E-state index in [4.69, 9.17) is 0 Å². The Morgan fingerprint density at radius 3 is 2.61 bits per heavy atom. The Morgan fingerprint density at radius 1 is 1.26 bits per heavy atom. The lowest BCUT2D eigenvalue weighted by Gasteiger charge is -2.10. The number of carbonyl (C=O) groups excluding carboxylic acids is 1. The van der Waals surface area contributed by atoms with Gasteiger partial charge in [0.2, 0.25) is 11.0 Å². The number of rotatable bonds is 7. The van der Waals surface area contributed by atoms with E-state index in [2.05, 4.69) is 50.6 Å². The van der Waals surface area contributed by atoms with Crippen LogP contribution >= 0.6 is 39.0 Å². The van der Waals surface area contributed by atoms with Crippen molar-refractivity contribution >= 4 is 55.8 Å². The number of halogens is 1. The van der Waals surface area contributed by atoms with E-state index >= 15 is 0 Å². The molecule has 1 heterocycles. The highest BCUT2D eigenvalue weighted by Gasteiger charge is 2.17. The summed E-state index contributed by atoms with van der Waals surface area (Å²) in [5, 5.41) is 14.9. The molecule has 0 bridgehead atoms. The molecule has 0 spiro atoms. The van der Waals surface area contributed by atoms with Crippen molar-refractivity contribution in [1.82, 2.24) is 10.2 Å². The lowest BCUT2D eigenvalue weighted by molar-refractivity contribution is -0.115. The van der Waals surface area contributed by atoms with Gasteiger partial charge >= 0.3 is 0 Å². The number of nitrogens with zero attached hydrogens (tertiary/aromatic N) is 2. The molecule has 2 aromatic rings. The molecule has 0 fully saturated rings. The van der Waals surface area contributed by atoms with Crippen LogP contribution in [0.1, 0.15) is 20.8 Å². The first-order chi connectivity index (χ1) is 10.9. The van der Waals surface area contributed by atoms with Crippen molar-refractivity contribution in [2.24, 2.45) is 5.92 Å². The fourth-order valence-electron chi connectivity index (χ4n) is 1.60. The molecule has 2 N–H and O–H groups in total. The quantitative estimate of drug-likeness (QED) is 0.653. The van der Waals surface area contributed by atoms with E-state index in [0.717, 1.165) is 26.2 Å². The predicted molar refractivity (Wildman–Crippen MR) is 101 cm³/mol. The fourth-order valence-corrected chi connectivity index (χ4v) is 3.77. The van der Waals surface area contributed by atoms with E-state index in [1.807, 2.05) is 31.2 Å². The highest BCUT2D eigenvalue weighted by atomic mass is 79.9. The standard InChI is InChI=1S/C15H19BrN4OS2/c1-9(2)8-17-14-19-20-15(23-14)22-10(3)13(21)18-12-6-4-11(16)5-7-12/h4-7,9-10H,8H2,1-3H3,(H,17,19)(H,18,21). The highest BCUT2D eigenvalue weighted by Crippen LogP contribution is 2.29. The van der Waals surface area contributed by atoms with Crippen molar-refractivity contribution in [2.75, 3.05) is 17.2 Å². The van der Waals surface area contributed by atoms with Gasteiger partial charge in [0.15, 0.2) is 4.34 Å². The molecule has 0 aliphatic heterocycles. The summed E-state index contributed by atoms with van der Waals surface area (Å²) in [6.45, 7) is 7.00. The van der Waals surface area contributed by atoms with Gasteiger partial charge in [-0.3, -0.25) is 4.79 Å². The molecule has 1 atom stereocenters. The third-order valence-electron chi connectivity index (χ3n) is 2.83. The number of carbonyl (C=O) groups is 1. The highest BCUT2D eigenvalue weighted by molar-refractivity contribution is 9.10. The first-order valence-corrected chi connectivity index (χ1v) is 9.73. The van der Waals surface area contributed by atoms with Gasteiger partial charge < -0.3 is 10.6 Å². The minimum absolute atomic E-state index is 0.0517. The summed E-state index contributed by atoms with van der Waals surface area (Å²) in [7, 11) is 0. The van der Waals surface area contributed by atoms with Gasteiger partial charge in [-0.2, -0.15) is 0 Å². The van der Waals surface area contributed by atoms with Gasteiger partial charge in [-0.15, -0.1) is 10.2 Å². The van der Waals surface area contributed by atoms with Crippen LogP contribution in [0.3, 0.4) is 0 Å². The van der Waals surface area contributed by atoms with Gasteiger partial charge in [0, 0.05) is 16.7 Å². The van der Waals surface area contributed by atoms with Crippen molar-refractivity contribution in [3.05, 3.63) is 28.7 Å². The van der Waals surface area contributed by atoms with Gasteiger partial charge in [0.05, 0.1) is 5.25 Å². The molecule has 0 aliphatic carbocycles. The maximum Gasteiger partial charge on any atom is 0.237 e. The second-order valence-corrected chi connectivity index (χ2v) is 8.89. The second kappa shape index (κ2) is 8.65. The normalized spacial score (nSPS) is 12.2. The van der Waals surface area contributed by atoms with Crippen LogP contribution in [0.15, 0.2) is 33.1 Å². The number of aromatic nitrogens is 2. The van der Waals surface area contributed by atoms with Crippen molar-refractivity contribution in [3.8, 4) is 0 Å². The van der Waals surface area contributed by atoms with Gasteiger partial charge in [-0.05, 0) is 37.1 Å². The Labute approximate surface area is 152 Å². The van der Waals surface area contributed by atoms with E-state index in [1.165, 1.54) is 23.1 Å². The second-order valence-electron chi connectivity index (χ2n) is 5.40. The molecular formula is C15H19BrN4OS2. The van der Waals surface area contributed by atoms with Crippen LogP contribution in [-0.4, -0.2) is 27.9 Å². The van der Waals surface area contributed by atoms with Gasteiger partial charge in [0.25, 0.3) is 0 Å². The number of hydrogen-bond donors (Lipinski definition) is 2. The van der Waals surface area contributed by atoms with Crippen molar-refractivity contribution in [2.45, 2.75) is 30.4 Å². The lowest BCUT2D eigenvalue weighted by atomic mass is 10.2. The van der Waals surface area contributed by atoms with Crippen molar-refractivity contribution in [3.63, 3.8) is 0 Å². The SMILES string of the molecule is CC(C)CNc1nnc(SC(C)C(=O)Nc2ccc(Br)cc2)s1. The topological polar surface area (TPSA) is 66.9 Å². The zero-order chi connectivity index (χ0) is 16.8. The van der Waals surface area contributed by atoms with Crippen LogP contribution in [0, 0.1) is 5.92 Å². The van der Waals surface area contributed by atoms with Crippen LogP contribution < -0.4 is 10.6 Å². The molecule has 2 rings (SSSR count).